The Morgan fingerprint density at radius 3 is 2.48 bits per heavy atom. The molecular formula is C15H14BrF2NO2. The molecule has 0 radical (unpaired) electrons. The Morgan fingerprint density at radius 1 is 1.14 bits per heavy atom. The predicted molar refractivity (Wildman–Crippen MR) is 80.5 cm³/mol. The van der Waals surface area contributed by atoms with Crippen molar-refractivity contribution < 1.29 is 18.6 Å². The normalized spacial score (nSPS) is 10.7. The molecule has 0 fully saturated rings. The fourth-order valence-electron chi connectivity index (χ4n) is 1.82. The smallest absolute Gasteiger partial charge is 0.387 e. The fraction of sp³-hybridized carbons (Fsp3) is 0.200. The summed E-state index contributed by atoms with van der Waals surface area (Å²) in [5.41, 5.74) is 2.26. The number of halogens is 3. The van der Waals surface area contributed by atoms with Gasteiger partial charge in [0.05, 0.1) is 6.61 Å². The van der Waals surface area contributed by atoms with Crippen LogP contribution in [0.5, 0.6) is 5.75 Å². The number of rotatable bonds is 6. The highest BCUT2D eigenvalue weighted by Crippen LogP contribution is 2.25. The lowest BCUT2D eigenvalue weighted by Crippen LogP contribution is -2.07. The van der Waals surface area contributed by atoms with Gasteiger partial charge < -0.3 is 15.2 Å². The second-order valence-electron chi connectivity index (χ2n) is 4.34. The van der Waals surface area contributed by atoms with Gasteiger partial charge in [-0.3, -0.25) is 0 Å². The van der Waals surface area contributed by atoms with Crippen molar-refractivity contribution in [3.05, 3.63) is 58.1 Å². The van der Waals surface area contributed by atoms with Gasteiger partial charge in [-0.1, -0.05) is 28.1 Å². The molecular weight excluding hydrogens is 344 g/mol. The molecule has 0 saturated heterocycles. The van der Waals surface area contributed by atoms with Gasteiger partial charge >= 0.3 is 6.61 Å². The zero-order chi connectivity index (χ0) is 15.2. The van der Waals surface area contributed by atoms with Crippen molar-refractivity contribution in [3.8, 4) is 5.75 Å². The molecule has 0 atom stereocenters. The van der Waals surface area contributed by atoms with Crippen LogP contribution in [0.25, 0.3) is 0 Å². The van der Waals surface area contributed by atoms with Crippen LogP contribution in [-0.2, 0) is 13.2 Å². The Hall–Kier alpha value is -1.66. The summed E-state index contributed by atoms with van der Waals surface area (Å²) in [7, 11) is 0. The minimum atomic E-state index is -2.85. The molecule has 0 aliphatic carbocycles. The van der Waals surface area contributed by atoms with Gasteiger partial charge in [-0.15, -0.1) is 0 Å². The van der Waals surface area contributed by atoms with E-state index in [1.54, 1.807) is 24.3 Å². The number of aliphatic hydroxyl groups is 1. The predicted octanol–water partition coefficient (Wildman–Crippen LogP) is 4.15. The van der Waals surface area contributed by atoms with Gasteiger partial charge in [0.2, 0.25) is 0 Å². The third-order valence-electron chi connectivity index (χ3n) is 2.86. The van der Waals surface area contributed by atoms with E-state index in [1.807, 2.05) is 12.1 Å². The van der Waals surface area contributed by atoms with Crippen LogP contribution in [0, 0.1) is 0 Å². The lowest BCUT2D eigenvalue weighted by atomic mass is 10.2. The summed E-state index contributed by atoms with van der Waals surface area (Å²) in [5, 5.41) is 12.1. The monoisotopic (exact) mass is 357 g/mol. The lowest BCUT2D eigenvalue weighted by molar-refractivity contribution is -0.0504. The summed E-state index contributed by atoms with van der Waals surface area (Å²) in [5.74, 6) is 0.146. The zero-order valence-electron chi connectivity index (χ0n) is 11.0. The Morgan fingerprint density at radius 2 is 1.86 bits per heavy atom. The van der Waals surface area contributed by atoms with Crippen LogP contribution >= 0.6 is 15.9 Å². The van der Waals surface area contributed by atoms with E-state index in [-0.39, 0.29) is 12.4 Å². The molecule has 0 spiro atoms. The highest BCUT2D eigenvalue weighted by Gasteiger charge is 2.10. The highest BCUT2D eigenvalue weighted by molar-refractivity contribution is 9.10. The van der Waals surface area contributed by atoms with Gasteiger partial charge in [0.1, 0.15) is 5.75 Å². The molecule has 2 N–H and O–H groups in total. The van der Waals surface area contributed by atoms with Crippen molar-refractivity contribution in [1.82, 2.24) is 0 Å². The average molecular weight is 358 g/mol. The quantitative estimate of drug-likeness (QED) is 0.815. The number of hydrogen-bond donors (Lipinski definition) is 2. The molecule has 21 heavy (non-hydrogen) atoms. The molecule has 0 amide bonds. The first-order chi connectivity index (χ1) is 10.1. The Kier molecular flexibility index (Phi) is 5.52. The molecule has 0 aromatic heterocycles. The molecule has 6 heteroatoms. The molecule has 0 heterocycles. The van der Waals surface area contributed by atoms with Crippen LogP contribution in [0.2, 0.25) is 0 Å². The number of alkyl halides is 2. The van der Waals surface area contributed by atoms with E-state index in [0.717, 1.165) is 15.7 Å². The number of aliphatic hydroxyl groups excluding tert-OH is 1. The number of ether oxygens (including phenoxy) is 1. The van der Waals surface area contributed by atoms with Crippen LogP contribution in [0.15, 0.2) is 46.9 Å². The van der Waals surface area contributed by atoms with Crippen molar-refractivity contribution in [2.75, 3.05) is 5.32 Å². The average Bonchev–Trinajstić information content (AvgIpc) is 2.47. The van der Waals surface area contributed by atoms with Gasteiger partial charge in [-0.2, -0.15) is 8.78 Å². The summed E-state index contributed by atoms with van der Waals surface area (Å²) in [6, 6.07) is 12.1. The number of anilines is 1. The van der Waals surface area contributed by atoms with Gasteiger partial charge in [0, 0.05) is 22.3 Å². The fourth-order valence-corrected chi connectivity index (χ4v) is 2.23. The third kappa shape index (κ3) is 4.68. The lowest BCUT2D eigenvalue weighted by Gasteiger charge is -2.13. The SMILES string of the molecule is OCc1ccc(NCc2cc(Br)ccc2OC(F)F)cc1. The maximum atomic E-state index is 12.4. The largest absolute Gasteiger partial charge is 0.434 e. The van der Waals surface area contributed by atoms with Crippen molar-refractivity contribution in [1.29, 1.82) is 0 Å². The summed E-state index contributed by atoms with van der Waals surface area (Å²) in [6.07, 6.45) is 0. The molecule has 112 valence electrons. The first kappa shape index (κ1) is 15.7. The molecule has 0 unspecified atom stereocenters. The van der Waals surface area contributed by atoms with Crippen LogP contribution in [0.3, 0.4) is 0 Å². The minimum absolute atomic E-state index is 0.0156. The standard InChI is InChI=1S/C15H14BrF2NO2/c16-12-3-6-14(21-15(17)18)11(7-12)8-19-13-4-1-10(9-20)2-5-13/h1-7,15,19-20H,8-9H2. The van der Waals surface area contributed by atoms with E-state index in [0.29, 0.717) is 12.1 Å². The molecule has 2 rings (SSSR count). The third-order valence-corrected chi connectivity index (χ3v) is 3.35. The Balaban J connectivity index is 2.08. The van der Waals surface area contributed by atoms with Crippen LogP contribution < -0.4 is 10.1 Å². The first-order valence-corrected chi connectivity index (χ1v) is 7.04. The van der Waals surface area contributed by atoms with Crippen molar-refractivity contribution >= 4 is 21.6 Å². The van der Waals surface area contributed by atoms with Gasteiger partial charge in [-0.05, 0) is 35.9 Å². The summed E-state index contributed by atoms with van der Waals surface area (Å²) in [6.45, 7) is -2.52. The number of benzene rings is 2. The summed E-state index contributed by atoms with van der Waals surface area (Å²) < 4.78 is 30.0. The van der Waals surface area contributed by atoms with E-state index in [1.165, 1.54) is 6.07 Å². The molecule has 0 aliphatic rings. The molecule has 0 saturated carbocycles. The molecule has 2 aromatic rings. The van der Waals surface area contributed by atoms with Crippen molar-refractivity contribution in [3.63, 3.8) is 0 Å². The molecule has 2 aromatic carbocycles. The van der Waals surface area contributed by atoms with Crippen molar-refractivity contribution in [2.45, 2.75) is 19.8 Å². The minimum Gasteiger partial charge on any atom is -0.434 e. The van der Waals surface area contributed by atoms with Crippen LogP contribution in [-0.4, -0.2) is 11.7 Å². The highest BCUT2D eigenvalue weighted by atomic mass is 79.9. The van der Waals surface area contributed by atoms with Crippen molar-refractivity contribution in [2.24, 2.45) is 0 Å². The number of hydrogen-bond acceptors (Lipinski definition) is 3. The maximum Gasteiger partial charge on any atom is 0.387 e. The second kappa shape index (κ2) is 7.38. The summed E-state index contributed by atoms with van der Waals surface area (Å²) >= 11 is 3.31. The topological polar surface area (TPSA) is 41.5 Å². The van der Waals surface area contributed by atoms with Crippen LogP contribution in [0.4, 0.5) is 14.5 Å². The first-order valence-electron chi connectivity index (χ1n) is 6.25. The summed E-state index contributed by atoms with van der Waals surface area (Å²) in [4.78, 5) is 0. The number of nitrogens with one attached hydrogen (secondary N) is 1. The van der Waals surface area contributed by atoms with Gasteiger partial charge in [-0.25, -0.2) is 0 Å². The van der Waals surface area contributed by atoms with E-state index < -0.39 is 6.61 Å². The van der Waals surface area contributed by atoms with E-state index in [4.69, 9.17) is 5.11 Å². The molecule has 0 aliphatic heterocycles. The van der Waals surface area contributed by atoms with Crippen LogP contribution in [0.1, 0.15) is 11.1 Å². The van der Waals surface area contributed by atoms with Gasteiger partial charge in [0.25, 0.3) is 0 Å². The van der Waals surface area contributed by atoms with E-state index in [2.05, 4.69) is 26.0 Å². The van der Waals surface area contributed by atoms with E-state index in [9.17, 15) is 8.78 Å². The maximum absolute atomic E-state index is 12.4. The molecule has 0 bridgehead atoms. The Labute approximate surface area is 129 Å². The Bertz CT molecular complexity index is 591. The van der Waals surface area contributed by atoms with E-state index >= 15 is 0 Å². The second-order valence-corrected chi connectivity index (χ2v) is 5.25. The molecule has 3 nitrogen and oxygen atoms in total. The van der Waals surface area contributed by atoms with Gasteiger partial charge in [0.15, 0.2) is 0 Å². The zero-order valence-corrected chi connectivity index (χ0v) is 12.6.